The Morgan fingerprint density at radius 2 is 1.86 bits per heavy atom. The molecule has 144 valence electrons. The molecule has 6 nitrogen and oxygen atoms in total. The van der Waals surface area contributed by atoms with Crippen LogP contribution < -0.4 is 5.32 Å². The van der Waals surface area contributed by atoms with Crippen molar-refractivity contribution in [3.05, 3.63) is 76.3 Å². The van der Waals surface area contributed by atoms with Crippen LogP contribution >= 0.6 is 11.6 Å². The number of aryl methyl sites for hydroxylation is 2. The maximum atomic E-state index is 12.8. The maximum Gasteiger partial charge on any atom is 0.272 e. The van der Waals surface area contributed by atoms with Gasteiger partial charge in [-0.25, -0.2) is 9.97 Å². The van der Waals surface area contributed by atoms with Gasteiger partial charge in [-0.2, -0.15) is 0 Å². The molecule has 1 N–H and O–H groups in total. The summed E-state index contributed by atoms with van der Waals surface area (Å²) < 4.78 is 0. The summed E-state index contributed by atoms with van der Waals surface area (Å²) in [4.78, 5) is 27.2. The minimum Gasteiger partial charge on any atom is -0.340 e. The molecule has 2 heterocycles. The molecule has 0 saturated heterocycles. The van der Waals surface area contributed by atoms with Crippen LogP contribution in [0.5, 0.6) is 0 Å². The van der Waals surface area contributed by atoms with Crippen molar-refractivity contribution in [2.45, 2.75) is 20.3 Å². The number of aromatic nitrogens is 3. The number of carbonyl (C=O) groups is 1. The van der Waals surface area contributed by atoms with Crippen LogP contribution in [0.1, 0.15) is 27.3 Å². The zero-order valence-electron chi connectivity index (χ0n) is 16.1. The van der Waals surface area contributed by atoms with Gasteiger partial charge in [-0.05, 0) is 61.7 Å². The second-order valence-corrected chi connectivity index (χ2v) is 7.05. The summed E-state index contributed by atoms with van der Waals surface area (Å²) in [7, 11) is 1.77. The van der Waals surface area contributed by atoms with Crippen molar-refractivity contribution in [2.24, 2.45) is 0 Å². The Balaban J connectivity index is 1.72. The zero-order valence-corrected chi connectivity index (χ0v) is 16.9. The zero-order chi connectivity index (χ0) is 20.1. The van der Waals surface area contributed by atoms with Crippen molar-refractivity contribution >= 4 is 29.1 Å². The summed E-state index contributed by atoms with van der Waals surface area (Å²) in [5, 5.41) is 3.78. The molecule has 28 heavy (non-hydrogen) atoms. The average Bonchev–Trinajstić information content (AvgIpc) is 2.68. The van der Waals surface area contributed by atoms with Crippen LogP contribution in [-0.4, -0.2) is 39.4 Å². The average molecular weight is 396 g/mol. The monoisotopic (exact) mass is 395 g/mol. The van der Waals surface area contributed by atoms with E-state index in [1.807, 2.05) is 44.2 Å². The highest BCUT2D eigenvalue weighted by molar-refractivity contribution is 6.31. The predicted octanol–water partition coefficient (Wildman–Crippen LogP) is 4.20. The van der Waals surface area contributed by atoms with E-state index in [0.29, 0.717) is 28.9 Å². The Kier molecular flexibility index (Phi) is 6.21. The van der Waals surface area contributed by atoms with E-state index in [0.717, 1.165) is 23.2 Å². The Morgan fingerprint density at radius 1 is 1.11 bits per heavy atom. The minimum absolute atomic E-state index is 0.149. The Morgan fingerprint density at radius 3 is 2.57 bits per heavy atom. The number of carbonyl (C=O) groups excluding carboxylic acids is 1. The van der Waals surface area contributed by atoms with E-state index in [9.17, 15) is 4.79 Å². The van der Waals surface area contributed by atoms with Crippen molar-refractivity contribution in [1.82, 2.24) is 19.9 Å². The Labute approximate surface area is 169 Å². The third-order valence-corrected chi connectivity index (χ3v) is 4.74. The standard InChI is InChI=1S/C21H22ClN5O/c1-14-4-5-17(13-18(14)22)25-21-24-15(2)12-19(26-21)20(28)27(3)11-8-16-6-9-23-10-7-16/h4-7,9-10,12-13H,8,11H2,1-3H3,(H,24,25,26). The number of halogens is 1. The molecule has 0 aliphatic heterocycles. The number of rotatable bonds is 6. The summed E-state index contributed by atoms with van der Waals surface area (Å²) >= 11 is 6.17. The molecule has 0 aliphatic carbocycles. The molecule has 0 radical (unpaired) electrons. The molecule has 0 aliphatic rings. The first-order chi connectivity index (χ1) is 13.4. The van der Waals surface area contributed by atoms with Gasteiger partial charge in [-0.1, -0.05) is 17.7 Å². The number of hydrogen-bond donors (Lipinski definition) is 1. The molecule has 3 aromatic rings. The lowest BCUT2D eigenvalue weighted by Crippen LogP contribution is -2.30. The number of hydrogen-bond acceptors (Lipinski definition) is 5. The van der Waals surface area contributed by atoms with E-state index in [-0.39, 0.29) is 5.91 Å². The van der Waals surface area contributed by atoms with Gasteiger partial charge in [0.1, 0.15) is 5.69 Å². The van der Waals surface area contributed by atoms with Gasteiger partial charge in [-0.15, -0.1) is 0 Å². The molecule has 0 fully saturated rings. The lowest BCUT2D eigenvalue weighted by molar-refractivity contribution is 0.0790. The van der Waals surface area contributed by atoms with Gasteiger partial charge in [0, 0.05) is 42.4 Å². The highest BCUT2D eigenvalue weighted by Gasteiger charge is 2.15. The number of amides is 1. The normalized spacial score (nSPS) is 10.6. The summed E-state index contributed by atoms with van der Waals surface area (Å²) in [5.41, 5.74) is 3.95. The van der Waals surface area contributed by atoms with Crippen molar-refractivity contribution in [3.63, 3.8) is 0 Å². The summed E-state index contributed by atoms with van der Waals surface area (Å²) in [5.74, 6) is 0.218. The molecule has 2 aromatic heterocycles. The predicted molar refractivity (Wildman–Crippen MR) is 111 cm³/mol. The van der Waals surface area contributed by atoms with Crippen molar-refractivity contribution in [3.8, 4) is 0 Å². The van der Waals surface area contributed by atoms with E-state index in [4.69, 9.17) is 11.6 Å². The molecule has 0 atom stereocenters. The van der Waals surface area contributed by atoms with Gasteiger partial charge in [0.05, 0.1) is 0 Å². The summed E-state index contributed by atoms with van der Waals surface area (Å²) in [6, 6.07) is 11.2. The third kappa shape index (κ3) is 5.04. The minimum atomic E-state index is -0.149. The van der Waals surface area contributed by atoms with Crippen LogP contribution in [0.3, 0.4) is 0 Å². The highest BCUT2D eigenvalue weighted by atomic mass is 35.5. The van der Waals surface area contributed by atoms with Gasteiger partial charge in [0.2, 0.25) is 5.95 Å². The van der Waals surface area contributed by atoms with Gasteiger partial charge in [0.15, 0.2) is 0 Å². The summed E-state index contributed by atoms with van der Waals surface area (Å²) in [6.07, 6.45) is 4.25. The first-order valence-corrected chi connectivity index (χ1v) is 9.33. The van der Waals surface area contributed by atoms with Crippen molar-refractivity contribution in [1.29, 1.82) is 0 Å². The van der Waals surface area contributed by atoms with E-state index in [2.05, 4.69) is 20.3 Å². The van der Waals surface area contributed by atoms with Crippen LogP contribution in [0.4, 0.5) is 11.6 Å². The maximum absolute atomic E-state index is 12.8. The lowest BCUT2D eigenvalue weighted by Gasteiger charge is -2.17. The molecular formula is C21H22ClN5O. The molecule has 0 spiro atoms. The molecular weight excluding hydrogens is 374 g/mol. The Hall–Kier alpha value is -2.99. The highest BCUT2D eigenvalue weighted by Crippen LogP contribution is 2.22. The van der Waals surface area contributed by atoms with Crippen molar-refractivity contribution in [2.75, 3.05) is 18.9 Å². The first kappa shape index (κ1) is 19.8. The largest absolute Gasteiger partial charge is 0.340 e. The van der Waals surface area contributed by atoms with Gasteiger partial charge in [-0.3, -0.25) is 9.78 Å². The molecule has 0 unspecified atom stereocenters. The molecule has 7 heteroatoms. The number of anilines is 2. The van der Waals surface area contributed by atoms with Gasteiger partial charge < -0.3 is 10.2 Å². The molecule has 0 bridgehead atoms. The Bertz CT molecular complexity index is 978. The third-order valence-electron chi connectivity index (χ3n) is 4.33. The number of likely N-dealkylation sites (N-methyl/N-ethyl adjacent to an activating group) is 1. The lowest BCUT2D eigenvalue weighted by atomic mass is 10.2. The van der Waals surface area contributed by atoms with Crippen LogP contribution in [-0.2, 0) is 6.42 Å². The van der Waals surface area contributed by atoms with Gasteiger partial charge >= 0.3 is 0 Å². The number of pyridine rings is 1. The van der Waals surface area contributed by atoms with Crippen LogP contribution in [0.25, 0.3) is 0 Å². The number of nitrogens with zero attached hydrogens (tertiary/aromatic N) is 4. The fourth-order valence-corrected chi connectivity index (χ4v) is 2.86. The molecule has 3 rings (SSSR count). The van der Waals surface area contributed by atoms with E-state index < -0.39 is 0 Å². The van der Waals surface area contributed by atoms with Gasteiger partial charge in [0.25, 0.3) is 5.91 Å². The van der Waals surface area contributed by atoms with Crippen LogP contribution in [0.2, 0.25) is 5.02 Å². The van der Waals surface area contributed by atoms with Crippen molar-refractivity contribution < 1.29 is 4.79 Å². The van der Waals surface area contributed by atoms with E-state index in [1.54, 1.807) is 30.4 Å². The topological polar surface area (TPSA) is 71.0 Å². The van der Waals surface area contributed by atoms with E-state index in [1.165, 1.54) is 0 Å². The first-order valence-electron chi connectivity index (χ1n) is 8.95. The van der Waals surface area contributed by atoms with E-state index >= 15 is 0 Å². The fraction of sp³-hybridized carbons (Fsp3) is 0.238. The second kappa shape index (κ2) is 8.80. The molecule has 1 aromatic carbocycles. The molecule has 0 saturated carbocycles. The number of nitrogens with one attached hydrogen (secondary N) is 1. The summed E-state index contributed by atoms with van der Waals surface area (Å²) in [6.45, 7) is 4.36. The number of benzene rings is 1. The molecule has 1 amide bonds. The van der Waals surface area contributed by atoms with Crippen LogP contribution in [0.15, 0.2) is 48.8 Å². The van der Waals surface area contributed by atoms with Crippen LogP contribution in [0, 0.1) is 13.8 Å². The quantitative estimate of drug-likeness (QED) is 0.677. The SMILES string of the molecule is Cc1cc(C(=O)N(C)CCc2ccncc2)nc(Nc2ccc(C)c(Cl)c2)n1. The smallest absolute Gasteiger partial charge is 0.272 e. The second-order valence-electron chi connectivity index (χ2n) is 6.64. The fourth-order valence-electron chi connectivity index (χ4n) is 2.68.